The molecule has 1 aromatic heterocycles. The minimum absolute atomic E-state index is 0.470. The zero-order valence-electron chi connectivity index (χ0n) is 11.7. The van der Waals surface area contributed by atoms with E-state index in [-0.39, 0.29) is 0 Å². The van der Waals surface area contributed by atoms with Gasteiger partial charge in [-0.2, -0.15) is 0 Å². The minimum Gasteiger partial charge on any atom is -0.389 e. The molecule has 2 heterocycles. The molecule has 2 unspecified atom stereocenters. The topological polar surface area (TPSA) is 39.6 Å². The lowest BCUT2D eigenvalue weighted by Crippen LogP contribution is -2.34. The summed E-state index contributed by atoms with van der Waals surface area (Å²) in [5.74, 6) is 1.55. The molecule has 1 fully saturated rings. The summed E-state index contributed by atoms with van der Waals surface area (Å²) >= 11 is 0. The van der Waals surface area contributed by atoms with Crippen LogP contribution in [-0.2, 0) is 0 Å². The quantitative estimate of drug-likeness (QED) is 0.881. The van der Waals surface area contributed by atoms with Gasteiger partial charge in [-0.25, -0.2) is 4.98 Å². The van der Waals surface area contributed by atoms with Crippen LogP contribution in [0, 0.1) is 5.92 Å². The van der Waals surface area contributed by atoms with Crippen molar-refractivity contribution in [3.63, 3.8) is 0 Å². The highest BCUT2D eigenvalue weighted by Gasteiger charge is 2.32. The van der Waals surface area contributed by atoms with Crippen LogP contribution < -0.4 is 4.90 Å². The molecule has 1 aromatic rings. The van der Waals surface area contributed by atoms with Crippen molar-refractivity contribution in [1.29, 1.82) is 0 Å². The van der Waals surface area contributed by atoms with Crippen molar-refractivity contribution in [2.24, 2.45) is 5.92 Å². The standard InChI is InChI=1S/C14H23N3O/c1-10-8-17(9-13(10)16(3)4)14-12(11(2)18)6-5-7-15-14/h5-7,10-11,13,18H,8-9H2,1-4H3/t10?,11-,13?/m1/s1. The van der Waals surface area contributed by atoms with Crippen LogP contribution in [0.1, 0.15) is 25.5 Å². The lowest BCUT2D eigenvalue weighted by atomic mass is 10.1. The molecule has 1 N–H and O–H groups in total. The Labute approximate surface area is 109 Å². The average Bonchev–Trinajstić information content (AvgIpc) is 2.71. The zero-order chi connectivity index (χ0) is 13.3. The Bertz CT molecular complexity index is 406. The summed E-state index contributed by atoms with van der Waals surface area (Å²) < 4.78 is 0. The van der Waals surface area contributed by atoms with Gasteiger partial charge in [-0.1, -0.05) is 13.0 Å². The summed E-state index contributed by atoms with van der Waals surface area (Å²) in [4.78, 5) is 9.02. The van der Waals surface area contributed by atoms with Crippen molar-refractivity contribution >= 4 is 5.82 Å². The molecule has 4 heteroatoms. The van der Waals surface area contributed by atoms with Gasteiger partial charge in [0.05, 0.1) is 6.10 Å². The molecule has 0 bridgehead atoms. The summed E-state index contributed by atoms with van der Waals surface area (Å²) in [5, 5.41) is 9.83. The van der Waals surface area contributed by atoms with Crippen molar-refractivity contribution in [1.82, 2.24) is 9.88 Å². The van der Waals surface area contributed by atoms with Gasteiger partial charge in [-0.3, -0.25) is 0 Å². The zero-order valence-corrected chi connectivity index (χ0v) is 11.7. The van der Waals surface area contributed by atoms with Crippen LogP contribution in [0.5, 0.6) is 0 Å². The van der Waals surface area contributed by atoms with Gasteiger partial charge in [0, 0.05) is 30.9 Å². The molecule has 2 rings (SSSR count). The maximum atomic E-state index is 9.83. The second kappa shape index (κ2) is 5.24. The van der Waals surface area contributed by atoms with E-state index in [0.717, 1.165) is 24.5 Å². The SMILES string of the molecule is CC1CN(c2ncccc2[C@@H](C)O)CC1N(C)C. The van der Waals surface area contributed by atoms with Crippen LogP contribution in [0.25, 0.3) is 0 Å². The number of aliphatic hydroxyl groups is 1. The third-order valence-electron chi connectivity index (χ3n) is 3.80. The molecule has 0 spiro atoms. The van der Waals surface area contributed by atoms with Crippen LogP contribution in [0.4, 0.5) is 5.82 Å². The summed E-state index contributed by atoms with van der Waals surface area (Å²) in [7, 11) is 4.25. The monoisotopic (exact) mass is 249 g/mol. The first kappa shape index (κ1) is 13.3. The van der Waals surface area contributed by atoms with E-state index < -0.39 is 6.10 Å². The Morgan fingerprint density at radius 3 is 2.72 bits per heavy atom. The third-order valence-corrected chi connectivity index (χ3v) is 3.80. The molecule has 100 valence electrons. The van der Waals surface area contributed by atoms with E-state index in [2.05, 4.69) is 35.8 Å². The van der Waals surface area contributed by atoms with Crippen molar-refractivity contribution in [2.45, 2.75) is 26.0 Å². The number of anilines is 1. The predicted molar refractivity (Wildman–Crippen MR) is 73.7 cm³/mol. The molecule has 1 aliphatic heterocycles. The molecule has 3 atom stereocenters. The molecule has 0 aliphatic carbocycles. The molecule has 1 aliphatic rings. The molecular weight excluding hydrogens is 226 g/mol. The Morgan fingerprint density at radius 1 is 1.44 bits per heavy atom. The fraction of sp³-hybridized carbons (Fsp3) is 0.643. The predicted octanol–water partition coefficient (Wildman–Crippen LogP) is 1.52. The van der Waals surface area contributed by atoms with Gasteiger partial charge in [0.1, 0.15) is 5.82 Å². The van der Waals surface area contributed by atoms with Crippen LogP contribution in [-0.4, -0.2) is 48.2 Å². The summed E-state index contributed by atoms with van der Waals surface area (Å²) in [6, 6.07) is 4.39. The van der Waals surface area contributed by atoms with Crippen LogP contribution in [0.15, 0.2) is 18.3 Å². The van der Waals surface area contributed by atoms with Crippen molar-refractivity contribution < 1.29 is 5.11 Å². The van der Waals surface area contributed by atoms with Gasteiger partial charge in [-0.15, -0.1) is 0 Å². The van der Waals surface area contributed by atoms with Gasteiger partial charge < -0.3 is 14.9 Å². The Hall–Kier alpha value is -1.13. The second-order valence-electron chi connectivity index (χ2n) is 5.51. The molecule has 4 nitrogen and oxygen atoms in total. The lowest BCUT2D eigenvalue weighted by Gasteiger charge is -2.24. The average molecular weight is 249 g/mol. The van der Waals surface area contributed by atoms with E-state index >= 15 is 0 Å². The fourth-order valence-electron chi connectivity index (χ4n) is 2.79. The molecular formula is C14H23N3O. The second-order valence-corrected chi connectivity index (χ2v) is 5.51. The van der Waals surface area contributed by atoms with E-state index in [1.807, 2.05) is 12.1 Å². The van der Waals surface area contributed by atoms with E-state index in [1.165, 1.54) is 0 Å². The number of pyridine rings is 1. The molecule has 1 saturated heterocycles. The smallest absolute Gasteiger partial charge is 0.134 e. The van der Waals surface area contributed by atoms with E-state index in [4.69, 9.17) is 0 Å². The Kier molecular flexibility index (Phi) is 3.88. The first-order chi connectivity index (χ1) is 8.50. The van der Waals surface area contributed by atoms with Crippen molar-refractivity contribution in [2.75, 3.05) is 32.1 Å². The number of likely N-dealkylation sites (N-methyl/N-ethyl adjacent to an activating group) is 1. The van der Waals surface area contributed by atoms with Crippen molar-refractivity contribution in [3.05, 3.63) is 23.9 Å². The summed E-state index contributed by atoms with van der Waals surface area (Å²) in [6.45, 7) is 6.05. The number of nitrogens with zero attached hydrogens (tertiary/aromatic N) is 3. The number of rotatable bonds is 3. The van der Waals surface area contributed by atoms with Crippen LogP contribution in [0.3, 0.4) is 0 Å². The maximum absolute atomic E-state index is 9.83. The Morgan fingerprint density at radius 2 is 2.17 bits per heavy atom. The molecule has 18 heavy (non-hydrogen) atoms. The summed E-state index contributed by atoms with van der Waals surface area (Å²) in [6.07, 6.45) is 1.33. The molecule has 0 radical (unpaired) electrons. The molecule has 0 amide bonds. The summed E-state index contributed by atoms with van der Waals surface area (Å²) in [5.41, 5.74) is 0.920. The van der Waals surface area contributed by atoms with Gasteiger partial charge in [0.2, 0.25) is 0 Å². The lowest BCUT2D eigenvalue weighted by molar-refractivity contribution is 0.199. The first-order valence-corrected chi connectivity index (χ1v) is 6.55. The highest BCUT2D eigenvalue weighted by molar-refractivity contribution is 5.49. The highest BCUT2D eigenvalue weighted by atomic mass is 16.3. The normalized spacial score (nSPS) is 25.8. The van der Waals surface area contributed by atoms with E-state index in [0.29, 0.717) is 12.0 Å². The number of hydrogen-bond donors (Lipinski definition) is 1. The third kappa shape index (κ3) is 2.49. The Balaban J connectivity index is 2.24. The van der Waals surface area contributed by atoms with Crippen LogP contribution in [0.2, 0.25) is 0 Å². The minimum atomic E-state index is -0.470. The van der Waals surface area contributed by atoms with E-state index in [9.17, 15) is 5.11 Å². The van der Waals surface area contributed by atoms with Gasteiger partial charge >= 0.3 is 0 Å². The first-order valence-electron chi connectivity index (χ1n) is 6.55. The van der Waals surface area contributed by atoms with Crippen LogP contribution >= 0.6 is 0 Å². The number of aliphatic hydroxyl groups excluding tert-OH is 1. The number of hydrogen-bond acceptors (Lipinski definition) is 4. The number of aromatic nitrogens is 1. The maximum Gasteiger partial charge on any atom is 0.134 e. The molecule has 0 aromatic carbocycles. The van der Waals surface area contributed by atoms with Crippen molar-refractivity contribution in [3.8, 4) is 0 Å². The van der Waals surface area contributed by atoms with E-state index in [1.54, 1.807) is 13.1 Å². The highest BCUT2D eigenvalue weighted by Crippen LogP contribution is 2.29. The largest absolute Gasteiger partial charge is 0.389 e. The fourth-order valence-corrected chi connectivity index (χ4v) is 2.79. The van der Waals surface area contributed by atoms with Gasteiger partial charge in [0.15, 0.2) is 0 Å². The molecule has 0 saturated carbocycles. The van der Waals surface area contributed by atoms with Gasteiger partial charge in [-0.05, 0) is 33.0 Å². The van der Waals surface area contributed by atoms with Gasteiger partial charge in [0.25, 0.3) is 0 Å².